The van der Waals surface area contributed by atoms with E-state index in [0.717, 1.165) is 24.2 Å². The molecular formula is C21H20FN3O2. The van der Waals surface area contributed by atoms with Crippen molar-refractivity contribution < 1.29 is 14.0 Å². The summed E-state index contributed by atoms with van der Waals surface area (Å²) in [5, 5.41) is 3.60. The number of nitrogens with one attached hydrogen (secondary N) is 2. The number of anilines is 1. The second-order valence-corrected chi connectivity index (χ2v) is 6.85. The van der Waals surface area contributed by atoms with E-state index in [1.807, 2.05) is 31.2 Å². The second kappa shape index (κ2) is 6.87. The molecule has 1 saturated heterocycles. The van der Waals surface area contributed by atoms with Gasteiger partial charge in [-0.3, -0.25) is 9.59 Å². The van der Waals surface area contributed by atoms with Crippen molar-refractivity contribution in [1.29, 1.82) is 0 Å². The van der Waals surface area contributed by atoms with Crippen LogP contribution in [-0.4, -0.2) is 23.3 Å². The highest BCUT2D eigenvalue weighted by Crippen LogP contribution is 2.25. The fourth-order valence-electron chi connectivity index (χ4n) is 3.47. The molecule has 3 aromatic rings. The zero-order chi connectivity index (χ0) is 19.0. The predicted octanol–water partition coefficient (Wildman–Crippen LogP) is 3.92. The average molecular weight is 365 g/mol. The molecule has 1 unspecified atom stereocenters. The molecule has 0 aliphatic carbocycles. The predicted molar refractivity (Wildman–Crippen MR) is 102 cm³/mol. The fraction of sp³-hybridized carbons (Fsp3) is 0.238. The number of halogens is 1. The van der Waals surface area contributed by atoms with Gasteiger partial charge in [0.25, 0.3) is 5.91 Å². The van der Waals surface area contributed by atoms with Gasteiger partial charge in [0, 0.05) is 29.6 Å². The van der Waals surface area contributed by atoms with Crippen LogP contribution in [0.25, 0.3) is 10.9 Å². The maximum absolute atomic E-state index is 13.3. The van der Waals surface area contributed by atoms with Crippen molar-refractivity contribution in [2.75, 3.05) is 11.4 Å². The van der Waals surface area contributed by atoms with Crippen LogP contribution in [0.15, 0.2) is 48.5 Å². The minimum Gasteiger partial charge on any atom is -0.351 e. The van der Waals surface area contributed by atoms with E-state index in [2.05, 4.69) is 10.3 Å². The van der Waals surface area contributed by atoms with Crippen LogP contribution in [0.1, 0.15) is 41.9 Å². The van der Waals surface area contributed by atoms with Crippen LogP contribution >= 0.6 is 0 Å². The summed E-state index contributed by atoms with van der Waals surface area (Å²) in [6, 6.07) is 13.4. The number of fused-ring (bicyclic) bond motifs is 1. The Hall–Kier alpha value is -3.15. The number of benzene rings is 2. The van der Waals surface area contributed by atoms with Crippen molar-refractivity contribution in [2.45, 2.75) is 25.8 Å². The lowest BCUT2D eigenvalue weighted by molar-refractivity contribution is -0.117. The summed E-state index contributed by atoms with van der Waals surface area (Å²) in [6.45, 7) is 2.62. The summed E-state index contributed by atoms with van der Waals surface area (Å²) in [5.74, 6) is -0.467. The summed E-state index contributed by atoms with van der Waals surface area (Å²) in [4.78, 5) is 29.3. The van der Waals surface area contributed by atoms with Crippen molar-refractivity contribution in [2.24, 2.45) is 0 Å². The minimum absolute atomic E-state index is 0.133. The number of aromatic nitrogens is 1. The standard InChI is InChI=1S/C21H20FN3O2/c1-13(14-4-2-5-17(11-14)25-9-3-6-20(25)26)23-21(27)19-12-15-10-16(22)7-8-18(15)24-19/h2,4-5,7-8,10-13,24H,3,6,9H2,1H3,(H,23,27). The van der Waals surface area contributed by atoms with Crippen molar-refractivity contribution in [3.05, 3.63) is 65.6 Å². The van der Waals surface area contributed by atoms with Gasteiger partial charge >= 0.3 is 0 Å². The summed E-state index contributed by atoms with van der Waals surface area (Å²) in [7, 11) is 0. The Balaban J connectivity index is 1.51. The minimum atomic E-state index is -0.338. The number of hydrogen-bond donors (Lipinski definition) is 2. The third-order valence-corrected chi connectivity index (χ3v) is 4.93. The van der Waals surface area contributed by atoms with Crippen LogP contribution in [0.3, 0.4) is 0 Å². The summed E-state index contributed by atoms with van der Waals surface area (Å²) in [6.07, 6.45) is 1.45. The van der Waals surface area contributed by atoms with Gasteiger partial charge in [-0.15, -0.1) is 0 Å². The Kier molecular flexibility index (Phi) is 4.39. The molecule has 0 saturated carbocycles. The number of hydrogen-bond acceptors (Lipinski definition) is 2. The maximum atomic E-state index is 13.3. The van der Waals surface area contributed by atoms with Crippen molar-refractivity contribution in [1.82, 2.24) is 10.3 Å². The molecule has 138 valence electrons. The van der Waals surface area contributed by atoms with E-state index in [1.54, 1.807) is 17.0 Å². The third kappa shape index (κ3) is 3.43. The molecule has 2 N–H and O–H groups in total. The van der Waals surface area contributed by atoms with E-state index in [1.165, 1.54) is 12.1 Å². The van der Waals surface area contributed by atoms with Gasteiger partial charge in [-0.05, 0) is 55.3 Å². The quantitative estimate of drug-likeness (QED) is 0.736. The largest absolute Gasteiger partial charge is 0.351 e. The molecule has 2 amide bonds. The molecule has 4 rings (SSSR count). The molecule has 2 heterocycles. The zero-order valence-electron chi connectivity index (χ0n) is 15.0. The molecule has 1 aliphatic rings. The molecule has 5 nitrogen and oxygen atoms in total. The molecule has 27 heavy (non-hydrogen) atoms. The lowest BCUT2D eigenvalue weighted by Crippen LogP contribution is -2.27. The average Bonchev–Trinajstić information content (AvgIpc) is 3.27. The van der Waals surface area contributed by atoms with Crippen molar-refractivity contribution in [3.8, 4) is 0 Å². The number of carbonyl (C=O) groups is 2. The molecule has 2 aromatic carbocycles. The molecule has 1 atom stereocenters. The summed E-state index contributed by atoms with van der Waals surface area (Å²) in [5.41, 5.74) is 2.87. The number of H-pyrrole nitrogens is 1. The second-order valence-electron chi connectivity index (χ2n) is 6.85. The van der Waals surface area contributed by atoms with Crippen LogP contribution in [0, 0.1) is 5.82 Å². The zero-order valence-corrected chi connectivity index (χ0v) is 15.0. The molecule has 6 heteroatoms. The Morgan fingerprint density at radius 2 is 2.07 bits per heavy atom. The first-order chi connectivity index (χ1) is 13.0. The SMILES string of the molecule is CC(NC(=O)c1cc2cc(F)ccc2[nH]1)c1cccc(N2CCCC2=O)c1. The molecule has 1 aromatic heterocycles. The number of aromatic amines is 1. The molecule has 0 bridgehead atoms. The van der Waals surface area contributed by atoms with Crippen LogP contribution < -0.4 is 10.2 Å². The van der Waals surface area contributed by atoms with Gasteiger partial charge in [0.1, 0.15) is 11.5 Å². The normalized spacial score (nSPS) is 15.3. The van der Waals surface area contributed by atoms with Gasteiger partial charge in [0.15, 0.2) is 0 Å². The number of rotatable bonds is 4. The number of amides is 2. The number of nitrogens with zero attached hydrogens (tertiary/aromatic N) is 1. The smallest absolute Gasteiger partial charge is 0.268 e. The Bertz CT molecular complexity index is 1030. The van der Waals surface area contributed by atoms with Gasteiger partial charge in [-0.1, -0.05) is 12.1 Å². The first kappa shape index (κ1) is 17.3. The summed E-state index contributed by atoms with van der Waals surface area (Å²) < 4.78 is 13.3. The van der Waals surface area contributed by atoms with Gasteiger partial charge in [-0.2, -0.15) is 0 Å². The lowest BCUT2D eigenvalue weighted by atomic mass is 10.1. The highest BCUT2D eigenvalue weighted by molar-refractivity contribution is 5.98. The van der Waals surface area contributed by atoms with Crippen LogP contribution in [0.5, 0.6) is 0 Å². The molecule has 1 aliphatic heterocycles. The van der Waals surface area contributed by atoms with E-state index < -0.39 is 0 Å². The van der Waals surface area contributed by atoms with Gasteiger partial charge in [0.2, 0.25) is 5.91 Å². The molecule has 0 spiro atoms. The first-order valence-corrected chi connectivity index (χ1v) is 9.01. The molecule has 0 radical (unpaired) electrons. The Morgan fingerprint density at radius 3 is 2.85 bits per heavy atom. The van der Waals surface area contributed by atoms with Crippen molar-refractivity contribution in [3.63, 3.8) is 0 Å². The molecular weight excluding hydrogens is 345 g/mol. The van der Waals surface area contributed by atoms with Crippen LogP contribution in [-0.2, 0) is 4.79 Å². The molecule has 1 fully saturated rings. The first-order valence-electron chi connectivity index (χ1n) is 9.01. The van der Waals surface area contributed by atoms with E-state index in [4.69, 9.17) is 0 Å². The topological polar surface area (TPSA) is 65.2 Å². The van der Waals surface area contributed by atoms with Gasteiger partial charge < -0.3 is 15.2 Å². The van der Waals surface area contributed by atoms with Crippen LogP contribution in [0.2, 0.25) is 0 Å². The highest BCUT2D eigenvalue weighted by atomic mass is 19.1. The summed E-state index contributed by atoms with van der Waals surface area (Å²) >= 11 is 0. The van der Waals surface area contributed by atoms with Crippen LogP contribution in [0.4, 0.5) is 10.1 Å². The fourth-order valence-corrected chi connectivity index (χ4v) is 3.47. The van der Waals surface area contributed by atoms with Gasteiger partial charge in [-0.25, -0.2) is 4.39 Å². The Morgan fingerprint density at radius 1 is 1.22 bits per heavy atom. The monoisotopic (exact) mass is 365 g/mol. The highest BCUT2D eigenvalue weighted by Gasteiger charge is 2.22. The van der Waals surface area contributed by atoms with Gasteiger partial charge in [0.05, 0.1) is 6.04 Å². The lowest BCUT2D eigenvalue weighted by Gasteiger charge is -2.19. The van der Waals surface area contributed by atoms with E-state index in [-0.39, 0.29) is 23.7 Å². The van der Waals surface area contributed by atoms with E-state index in [0.29, 0.717) is 23.0 Å². The maximum Gasteiger partial charge on any atom is 0.268 e. The number of carbonyl (C=O) groups excluding carboxylic acids is 2. The Labute approximate surface area is 156 Å². The van der Waals surface area contributed by atoms with Crippen molar-refractivity contribution >= 4 is 28.4 Å². The van der Waals surface area contributed by atoms with E-state index in [9.17, 15) is 14.0 Å². The third-order valence-electron chi connectivity index (χ3n) is 4.93. The van der Waals surface area contributed by atoms with E-state index >= 15 is 0 Å².